The van der Waals surface area contributed by atoms with Crippen molar-refractivity contribution in [2.75, 3.05) is 32.2 Å². The largest absolute Gasteiger partial charge is 0.493 e. The molecule has 0 aliphatic carbocycles. The van der Waals surface area contributed by atoms with E-state index in [2.05, 4.69) is 22.8 Å². The molecule has 3 aromatic rings. The Labute approximate surface area is 182 Å². The first-order valence-electron chi connectivity index (χ1n) is 10.1. The van der Waals surface area contributed by atoms with Gasteiger partial charge in [-0.05, 0) is 42.0 Å². The first kappa shape index (κ1) is 22.1. The number of carbonyl (C=O) groups is 2. The molecule has 0 saturated carbocycles. The van der Waals surface area contributed by atoms with Crippen molar-refractivity contribution in [2.45, 2.75) is 6.42 Å². The number of rotatable bonds is 10. The van der Waals surface area contributed by atoms with Crippen molar-refractivity contribution < 1.29 is 19.1 Å². The lowest BCUT2D eigenvalue weighted by molar-refractivity contribution is 0.0936. The van der Waals surface area contributed by atoms with E-state index in [-0.39, 0.29) is 11.8 Å². The summed E-state index contributed by atoms with van der Waals surface area (Å²) >= 11 is 0. The molecule has 0 aromatic heterocycles. The standard InChI is InChI=1S/C25H26N2O4/c1-30-16-14-26-24(28)20-9-5-11-22(17-20)27-25(29)21-10-6-12-23(18-21)31-15-13-19-7-3-2-4-8-19/h2-12,17-18H,13-16H2,1H3,(H,26,28)(H,27,29). The normalized spacial score (nSPS) is 10.4. The van der Waals surface area contributed by atoms with Crippen LogP contribution in [0.5, 0.6) is 5.75 Å². The van der Waals surface area contributed by atoms with Crippen molar-refractivity contribution in [1.82, 2.24) is 5.32 Å². The minimum Gasteiger partial charge on any atom is -0.493 e. The average molecular weight is 418 g/mol. The van der Waals surface area contributed by atoms with Gasteiger partial charge in [-0.25, -0.2) is 0 Å². The van der Waals surface area contributed by atoms with E-state index in [1.54, 1.807) is 49.6 Å². The molecule has 0 bridgehead atoms. The minimum absolute atomic E-state index is 0.220. The fraction of sp³-hybridized carbons (Fsp3) is 0.200. The molecule has 6 nitrogen and oxygen atoms in total. The highest BCUT2D eigenvalue weighted by atomic mass is 16.5. The Morgan fingerprint density at radius 3 is 2.32 bits per heavy atom. The summed E-state index contributed by atoms with van der Waals surface area (Å²) in [6.07, 6.45) is 0.788. The fourth-order valence-corrected chi connectivity index (χ4v) is 2.97. The Hall–Kier alpha value is -3.64. The van der Waals surface area contributed by atoms with Crippen LogP contribution in [-0.4, -0.2) is 38.7 Å². The third kappa shape index (κ3) is 6.97. The fourth-order valence-electron chi connectivity index (χ4n) is 2.97. The van der Waals surface area contributed by atoms with Crippen molar-refractivity contribution in [2.24, 2.45) is 0 Å². The Morgan fingerprint density at radius 1 is 0.806 bits per heavy atom. The molecule has 160 valence electrons. The smallest absolute Gasteiger partial charge is 0.255 e. The molecule has 0 unspecified atom stereocenters. The quantitative estimate of drug-likeness (QED) is 0.489. The van der Waals surface area contributed by atoms with Crippen LogP contribution in [0.1, 0.15) is 26.3 Å². The molecule has 0 spiro atoms. The van der Waals surface area contributed by atoms with Crippen LogP contribution in [0.4, 0.5) is 5.69 Å². The molecule has 0 heterocycles. The van der Waals surface area contributed by atoms with Crippen LogP contribution in [0.25, 0.3) is 0 Å². The number of carbonyl (C=O) groups excluding carboxylic acids is 2. The van der Waals surface area contributed by atoms with Crippen LogP contribution in [0.2, 0.25) is 0 Å². The molecule has 0 aliphatic rings. The summed E-state index contributed by atoms with van der Waals surface area (Å²) in [5, 5.41) is 5.59. The number of anilines is 1. The maximum absolute atomic E-state index is 12.7. The highest BCUT2D eigenvalue weighted by Crippen LogP contribution is 2.17. The van der Waals surface area contributed by atoms with Gasteiger partial charge in [0.05, 0.1) is 13.2 Å². The van der Waals surface area contributed by atoms with Gasteiger partial charge in [0.25, 0.3) is 11.8 Å². The lowest BCUT2D eigenvalue weighted by Gasteiger charge is -2.10. The highest BCUT2D eigenvalue weighted by Gasteiger charge is 2.10. The number of methoxy groups -OCH3 is 1. The maximum Gasteiger partial charge on any atom is 0.255 e. The molecule has 0 fully saturated rings. The topological polar surface area (TPSA) is 76.7 Å². The summed E-state index contributed by atoms with van der Waals surface area (Å²) in [5.41, 5.74) is 2.68. The summed E-state index contributed by atoms with van der Waals surface area (Å²) in [7, 11) is 1.58. The summed E-state index contributed by atoms with van der Waals surface area (Å²) in [5.74, 6) is 0.141. The number of hydrogen-bond donors (Lipinski definition) is 2. The molecule has 31 heavy (non-hydrogen) atoms. The zero-order chi connectivity index (χ0) is 21.9. The van der Waals surface area contributed by atoms with E-state index in [1.165, 1.54) is 5.56 Å². The molecule has 0 saturated heterocycles. The minimum atomic E-state index is -0.273. The molecular weight excluding hydrogens is 392 g/mol. The lowest BCUT2D eigenvalue weighted by atomic mass is 10.1. The predicted molar refractivity (Wildman–Crippen MR) is 121 cm³/mol. The van der Waals surface area contributed by atoms with Gasteiger partial charge in [-0.15, -0.1) is 0 Å². The van der Waals surface area contributed by atoms with E-state index in [1.807, 2.05) is 24.3 Å². The highest BCUT2D eigenvalue weighted by molar-refractivity contribution is 6.05. The number of nitrogens with one attached hydrogen (secondary N) is 2. The molecular formula is C25H26N2O4. The number of amides is 2. The Kier molecular flexibility index (Phi) is 8.20. The van der Waals surface area contributed by atoms with Crippen molar-refractivity contribution in [1.29, 1.82) is 0 Å². The molecule has 2 amide bonds. The molecule has 3 rings (SSSR count). The first-order chi connectivity index (χ1) is 15.2. The molecule has 0 atom stereocenters. The third-order valence-corrected chi connectivity index (χ3v) is 4.57. The summed E-state index contributed by atoms with van der Waals surface area (Å²) in [6, 6.07) is 23.9. The van der Waals surface area contributed by atoms with Gasteiger partial charge in [0, 0.05) is 36.9 Å². The molecule has 0 radical (unpaired) electrons. The van der Waals surface area contributed by atoms with Crippen molar-refractivity contribution in [3.8, 4) is 5.75 Å². The number of benzene rings is 3. The van der Waals surface area contributed by atoms with E-state index >= 15 is 0 Å². The first-order valence-corrected chi connectivity index (χ1v) is 10.1. The van der Waals surface area contributed by atoms with Gasteiger partial charge in [0.1, 0.15) is 5.75 Å². The van der Waals surface area contributed by atoms with Gasteiger partial charge in [-0.3, -0.25) is 9.59 Å². The summed E-state index contributed by atoms with van der Waals surface area (Å²) in [4.78, 5) is 24.8. The molecule has 2 N–H and O–H groups in total. The molecule has 3 aromatic carbocycles. The van der Waals surface area contributed by atoms with Gasteiger partial charge in [-0.2, -0.15) is 0 Å². The van der Waals surface area contributed by atoms with E-state index in [9.17, 15) is 9.59 Å². The summed E-state index contributed by atoms with van der Waals surface area (Å²) < 4.78 is 10.7. The van der Waals surface area contributed by atoms with E-state index < -0.39 is 0 Å². The summed E-state index contributed by atoms with van der Waals surface area (Å²) in [6.45, 7) is 1.38. The maximum atomic E-state index is 12.7. The van der Waals surface area contributed by atoms with Crippen LogP contribution in [0.15, 0.2) is 78.9 Å². The van der Waals surface area contributed by atoms with Crippen LogP contribution < -0.4 is 15.4 Å². The second-order valence-corrected chi connectivity index (χ2v) is 6.90. The van der Waals surface area contributed by atoms with Crippen molar-refractivity contribution in [3.05, 3.63) is 95.6 Å². The van der Waals surface area contributed by atoms with Gasteiger partial charge < -0.3 is 20.1 Å². The van der Waals surface area contributed by atoms with Gasteiger partial charge in [0.2, 0.25) is 0 Å². The van der Waals surface area contributed by atoms with Gasteiger partial charge >= 0.3 is 0 Å². The molecule has 0 aliphatic heterocycles. The van der Waals surface area contributed by atoms with Crippen LogP contribution in [0, 0.1) is 0 Å². The van der Waals surface area contributed by atoms with Gasteiger partial charge in [0.15, 0.2) is 0 Å². The Bertz CT molecular complexity index is 1010. The van der Waals surface area contributed by atoms with Gasteiger partial charge in [-0.1, -0.05) is 42.5 Å². The number of hydrogen-bond acceptors (Lipinski definition) is 4. The van der Waals surface area contributed by atoms with E-state index in [4.69, 9.17) is 9.47 Å². The Balaban J connectivity index is 1.57. The van der Waals surface area contributed by atoms with Crippen molar-refractivity contribution >= 4 is 17.5 Å². The second kappa shape index (κ2) is 11.5. The average Bonchev–Trinajstić information content (AvgIpc) is 2.80. The second-order valence-electron chi connectivity index (χ2n) is 6.90. The Morgan fingerprint density at radius 2 is 1.55 bits per heavy atom. The predicted octanol–water partition coefficient (Wildman–Crippen LogP) is 3.94. The van der Waals surface area contributed by atoms with Crippen LogP contribution in [-0.2, 0) is 11.2 Å². The van der Waals surface area contributed by atoms with E-state index in [0.29, 0.717) is 42.3 Å². The SMILES string of the molecule is COCCNC(=O)c1cccc(NC(=O)c2cccc(OCCc3ccccc3)c2)c1. The molecule has 6 heteroatoms. The zero-order valence-corrected chi connectivity index (χ0v) is 17.5. The lowest BCUT2D eigenvalue weighted by Crippen LogP contribution is -2.27. The monoisotopic (exact) mass is 418 g/mol. The third-order valence-electron chi connectivity index (χ3n) is 4.57. The van der Waals surface area contributed by atoms with Crippen LogP contribution >= 0.6 is 0 Å². The van der Waals surface area contributed by atoms with Crippen LogP contribution in [0.3, 0.4) is 0 Å². The zero-order valence-electron chi connectivity index (χ0n) is 17.5. The number of ether oxygens (including phenoxy) is 2. The van der Waals surface area contributed by atoms with Crippen molar-refractivity contribution in [3.63, 3.8) is 0 Å². The van der Waals surface area contributed by atoms with E-state index in [0.717, 1.165) is 6.42 Å².